The van der Waals surface area contributed by atoms with Crippen molar-refractivity contribution in [1.82, 2.24) is 4.98 Å². The predicted octanol–water partition coefficient (Wildman–Crippen LogP) is 4.14. The van der Waals surface area contributed by atoms with Gasteiger partial charge < -0.3 is 4.42 Å². The molecule has 0 radical (unpaired) electrons. The van der Waals surface area contributed by atoms with E-state index in [9.17, 15) is 4.79 Å². The fraction of sp³-hybridized carbons (Fsp3) is 0.176. The van der Waals surface area contributed by atoms with E-state index in [1.165, 1.54) is 41.6 Å². The summed E-state index contributed by atoms with van der Waals surface area (Å²) in [5.41, 5.74) is 4.88. The topological polar surface area (TPSA) is 55.1 Å². The third kappa shape index (κ3) is 2.44. The zero-order chi connectivity index (χ0) is 14.9. The summed E-state index contributed by atoms with van der Waals surface area (Å²) in [6.07, 6.45) is 5.04. The van der Waals surface area contributed by atoms with Crippen molar-refractivity contribution in [3.05, 3.63) is 58.9 Å². The van der Waals surface area contributed by atoms with Crippen LogP contribution in [0, 0.1) is 0 Å². The first-order valence-corrected chi connectivity index (χ1v) is 8.10. The second-order valence-corrected chi connectivity index (χ2v) is 6.16. The molecule has 4 nitrogen and oxygen atoms in total. The van der Waals surface area contributed by atoms with Gasteiger partial charge in [0.25, 0.3) is 5.91 Å². The lowest BCUT2D eigenvalue weighted by Gasteiger charge is -2.02. The van der Waals surface area contributed by atoms with E-state index in [4.69, 9.17) is 4.42 Å². The lowest BCUT2D eigenvalue weighted by molar-refractivity contribution is 0.0996. The van der Waals surface area contributed by atoms with Crippen molar-refractivity contribution >= 4 is 22.4 Å². The average Bonchev–Trinajstić information content (AvgIpc) is 3.27. The molecule has 0 spiro atoms. The van der Waals surface area contributed by atoms with Gasteiger partial charge in [-0.3, -0.25) is 10.1 Å². The Morgan fingerprint density at radius 3 is 3.00 bits per heavy atom. The Morgan fingerprint density at radius 2 is 2.14 bits per heavy atom. The molecule has 4 rings (SSSR count). The number of carbonyl (C=O) groups is 1. The number of hydrogen-bond acceptors (Lipinski definition) is 4. The molecular formula is C17H14N2O2S. The fourth-order valence-corrected chi connectivity index (χ4v) is 3.48. The second-order valence-electron chi connectivity index (χ2n) is 5.31. The van der Waals surface area contributed by atoms with Crippen molar-refractivity contribution in [2.75, 3.05) is 5.32 Å². The fourth-order valence-electron chi connectivity index (χ4n) is 2.76. The second kappa shape index (κ2) is 5.42. The number of nitrogens with zero attached hydrogens (tertiary/aromatic N) is 1. The third-order valence-corrected chi connectivity index (χ3v) is 4.62. The summed E-state index contributed by atoms with van der Waals surface area (Å²) in [5, 5.41) is 5.31. The summed E-state index contributed by atoms with van der Waals surface area (Å²) in [6, 6.07) is 9.84. The van der Waals surface area contributed by atoms with Gasteiger partial charge in [0.1, 0.15) is 0 Å². The molecule has 0 atom stereocenters. The largest absolute Gasteiger partial charge is 0.459 e. The lowest BCUT2D eigenvalue weighted by Crippen LogP contribution is -2.10. The van der Waals surface area contributed by atoms with Gasteiger partial charge in [0.2, 0.25) is 0 Å². The molecule has 22 heavy (non-hydrogen) atoms. The first kappa shape index (κ1) is 13.3. The zero-order valence-corrected chi connectivity index (χ0v) is 12.7. The highest BCUT2D eigenvalue weighted by atomic mass is 32.1. The molecular weight excluding hydrogens is 296 g/mol. The monoisotopic (exact) mass is 310 g/mol. The summed E-state index contributed by atoms with van der Waals surface area (Å²) in [5.74, 6) is 0.00846. The molecule has 0 aliphatic heterocycles. The SMILES string of the molecule is O=C(Nc1nc(-c2ccc3c(c2)CCC3)cs1)c1ccco1. The molecule has 1 amide bonds. The van der Waals surface area contributed by atoms with Crippen LogP contribution in [0.25, 0.3) is 11.3 Å². The number of aromatic nitrogens is 1. The Kier molecular flexibility index (Phi) is 3.27. The molecule has 110 valence electrons. The average molecular weight is 310 g/mol. The zero-order valence-electron chi connectivity index (χ0n) is 11.8. The van der Waals surface area contributed by atoms with Crippen molar-refractivity contribution < 1.29 is 9.21 Å². The number of nitrogens with one attached hydrogen (secondary N) is 1. The maximum Gasteiger partial charge on any atom is 0.293 e. The molecule has 1 N–H and O–H groups in total. The highest BCUT2D eigenvalue weighted by Gasteiger charge is 2.14. The predicted molar refractivity (Wildman–Crippen MR) is 86.2 cm³/mol. The Hall–Kier alpha value is -2.40. The normalized spacial score (nSPS) is 13.1. The van der Waals surface area contributed by atoms with E-state index in [1.54, 1.807) is 12.1 Å². The number of fused-ring (bicyclic) bond motifs is 1. The van der Waals surface area contributed by atoms with Crippen molar-refractivity contribution in [2.45, 2.75) is 19.3 Å². The van der Waals surface area contributed by atoms with Crippen LogP contribution in [0.15, 0.2) is 46.4 Å². The smallest absolute Gasteiger partial charge is 0.293 e. The summed E-state index contributed by atoms with van der Waals surface area (Å²) in [6.45, 7) is 0. The van der Waals surface area contributed by atoms with Crippen LogP contribution in [0.1, 0.15) is 28.1 Å². The van der Waals surface area contributed by atoms with Crippen LogP contribution < -0.4 is 5.32 Å². The van der Waals surface area contributed by atoms with Gasteiger partial charge in [-0.1, -0.05) is 12.1 Å². The number of anilines is 1. The number of thiazole rings is 1. The molecule has 1 aliphatic carbocycles. The maximum atomic E-state index is 11.9. The van der Waals surface area contributed by atoms with E-state index in [-0.39, 0.29) is 11.7 Å². The number of rotatable bonds is 3. The van der Waals surface area contributed by atoms with Crippen molar-refractivity contribution in [2.24, 2.45) is 0 Å². The van der Waals surface area contributed by atoms with E-state index < -0.39 is 0 Å². The molecule has 2 aromatic heterocycles. The van der Waals surface area contributed by atoms with Crippen LogP contribution in [0.5, 0.6) is 0 Å². The number of hydrogen-bond donors (Lipinski definition) is 1. The number of benzene rings is 1. The minimum absolute atomic E-state index is 0.278. The van der Waals surface area contributed by atoms with Gasteiger partial charge in [-0.25, -0.2) is 4.98 Å². The molecule has 3 aromatic rings. The molecule has 0 saturated carbocycles. The molecule has 0 unspecified atom stereocenters. The molecule has 0 fully saturated rings. The number of furan rings is 1. The summed E-state index contributed by atoms with van der Waals surface area (Å²) in [7, 11) is 0. The molecule has 5 heteroatoms. The van der Waals surface area contributed by atoms with Gasteiger partial charge >= 0.3 is 0 Å². The molecule has 1 aromatic carbocycles. The summed E-state index contributed by atoms with van der Waals surface area (Å²) in [4.78, 5) is 16.4. The first-order valence-electron chi connectivity index (χ1n) is 7.22. The molecule has 0 bridgehead atoms. The minimum atomic E-state index is -0.278. The summed E-state index contributed by atoms with van der Waals surface area (Å²) >= 11 is 1.42. The van der Waals surface area contributed by atoms with E-state index in [1.807, 2.05) is 5.38 Å². The van der Waals surface area contributed by atoms with Crippen LogP contribution in [0.3, 0.4) is 0 Å². The molecule has 2 heterocycles. The quantitative estimate of drug-likeness (QED) is 0.791. The van der Waals surface area contributed by atoms with E-state index in [2.05, 4.69) is 28.5 Å². The first-order chi connectivity index (χ1) is 10.8. The van der Waals surface area contributed by atoms with Gasteiger partial charge in [-0.2, -0.15) is 0 Å². The van der Waals surface area contributed by atoms with Crippen molar-refractivity contribution in [3.63, 3.8) is 0 Å². The van der Waals surface area contributed by atoms with Gasteiger partial charge in [-0.15, -0.1) is 11.3 Å². The number of aryl methyl sites for hydroxylation is 2. The van der Waals surface area contributed by atoms with E-state index >= 15 is 0 Å². The Labute approximate surface area is 131 Å². The highest BCUT2D eigenvalue weighted by molar-refractivity contribution is 7.14. The third-order valence-electron chi connectivity index (χ3n) is 3.86. The minimum Gasteiger partial charge on any atom is -0.459 e. The van der Waals surface area contributed by atoms with Crippen LogP contribution in [0.4, 0.5) is 5.13 Å². The van der Waals surface area contributed by atoms with Gasteiger partial charge in [0, 0.05) is 10.9 Å². The van der Waals surface area contributed by atoms with E-state index in [0.29, 0.717) is 5.13 Å². The van der Waals surface area contributed by atoms with Crippen LogP contribution in [0.2, 0.25) is 0 Å². The number of carbonyl (C=O) groups excluding carboxylic acids is 1. The van der Waals surface area contributed by atoms with Gasteiger partial charge in [0.05, 0.1) is 12.0 Å². The van der Waals surface area contributed by atoms with Crippen LogP contribution in [-0.2, 0) is 12.8 Å². The van der Waals surface area contributed by atoms with Crippen molar-refractivity contribution in [1.29, 1.82) is 0 Å². The molecule has 0 saturated heterocycles. The lowest BCUT2D eigenvalue weighted by atomic mass is 10.1. The number of amides is 1. The van der Waals surface area contributed by atoms with Crippen molar-refractivity contribution in [3.8, 4) is 11.3 Å². The maximum absolute atomic E-state index is 11.9. The Bertz CT molecular complexity index is 821. The molecule has 1 aliphatic rings. The standard InChI is InChI=1S/C17H14N2O2S/c20-16(15-5-2-8-21-15)19-17-18-14(10-22-17)13-7-6-11-3-1-4-12(11)9-13/h2,5-10H,1,3-4H2,(H,18,19,20). The highest BCUT2D eigenvalue weighted by Crippen LogP contribution is 2.30. The summed E-state index contributed by atoms with van der Waals surface area (Å²) < 4.78 is 5.07. The van der Waals surface area contributed by atoms with Gasteiger partial charge in [-0.05, 0) is 48.6 Å². The van der Waals surface area contributed by atoms with Crippen LogP contribution >= 0.6 is 11.3 Å². The van der Waals surface area contributed by atoms with Crippen LogP contribution in [-0.4, -0.2) is 10.9 Å². The Morgan fingerprint density at radius 1 is 1.23 bits per heavy atom. The Balaban J connectivity index is 1.55. The van der Waals surface area contributed by atoms with E-state index in [0.717, 1.165) is 17.7 Å². The van der Waals surface area contributed by atoms with Gasteiger partial charge in [0.15, 0.2) is 10.9 Å².